The van der Waals surface area contributed by atoms with Gasteiger partial charge in [0.2, 0.25) is 0 Å². The van der Waals surface area contributed by atoms with Crippen LogP contribution in [-0.2, 0) is 0 Å². The van der Waals surface area contributed by atoms with Gasteiger partial charge in [-0.1, -0.05) is 29.8 Å². The van der Waals surface area contributed by atoms with E-state index in [0.717, 1.165) is 5.19 Å². The zero-order valence-corrected chi connectivity index (χ0v) is 6.88. The van der Waals surface area contributed by atoms with Crippen molar-refractivity contribution in [1.82, 2.24) is 0 Å². The fraction of sp³-hybridized carbons (Fsp3) is 0.143. The van der Waals surface area contributed by atoms with Crippen LogP contribution in [0.3, 0.4) is 0 Å². The Labute approximate surface area is 57.3 Å². The molecule has 0 saturated carbocycles. The Morgan fingerprint density at radius 2 is 1.78 bits per heavy atom. The highest BCUT2D eigenvalue weighted by Crippen LogP contribution is 1.90. The third-order valence-corrected chi connectivity index (χ3v) is 2.14. The van der Waals surface area contributed by atoms with Gasteiger partial charge >= 0.3 is 0 Å². The molecule has 0 unspecified atom stereocenters. The van der Waals surface area contributed by atoms with E-state index < -0.39 is 9.76 Å². The van der Waals surface area contributed by atoms with Gasteiger partial charge < -0.3 is 4.80 Å². The predicted molar refractivity (Wildman–Crippen MR) is 41.6 cm³/mol. The lowest BCUT2D eigenvalue weighted by molar-refractivity contribution is 0.615. The minimum absolute atomic E-state index is 0.925. The largest absolute Gasteiger partial charge is 0.433 e. The summed E-state index contributed by atoms with van der Waals surface area (Å²) in [5, 5.41) is 1.11. The minimum Gasteiger partial charge on any atom is -0.433 e. The molecule has 0 atom stereocenters. The molecule has 0 spiro atoms. The van der Waals surface area contributed by atoms with Crippen molar-refractivity contribution in [3.05, 3.63) is 29.8 Å². The van der Waals surface area contributed by atoms with Crippen LogP contribution in [0.15, 0.2) is 24.3 Å². The van der Waals surface area contributed by atoms with Crippen LogP contribution in [0.5, 0.6) is 0 Å². The normalized spacial score (nSPS) is 10.9. The van der Waals surface area contributed by atoms with E-state index in [1.165, 1.54) is 5.56 Å². The molecule has 0 fully saturated rings. The predicted octanol–water partition coefficient (Wildman–Crippen LogP) is -0.304. The van der Waals surface area contributed by atoms with Crippen LogP contribution in [0.25, 0.3) is 0 Å². The lowest BCUT2D eigenvalue weighted by atomic mass is 10.2. The number of aryl methyl sites for hydroxylation is 1. The highest BCUT2D eigenvalue weighted by molar-refractivity contribution is 6.45. The summed E-state index contributed by atoms with van der Waals surface area (Å²) < 4.78 is 0. The first-order chi connectivity index (χ1) is 4.33. The molecule has 0 aliphatic heterocycles. The smallest absolute Gasteiger partial charge is 0.187 e. The molecule has 1 aromatic carbocycles. The van der Waals surface area contributed by atoms with Gasteiger partial charge in [0.15, 0.2) is 9.76 Å². The van der Waals surface area contributed by atoms with Gasteiger partial charge in [-0.05, 0) is 12.1 Å². The van der Waals surface area contributed by atoms with Crippen LogP contribution in [-0.4, -0.2) is 14.6 Å². The second-order valence-electron chi connectivity index (χ2n) is 2.14. The molecule has 1 rings (SSSR count). The van der Waals surface area contributed by atoms with E-state index in [-0.39, 0.29) is 0 Å². The van der Waals surface area contributed by atoms with Crippen molar-refractivity contribution < 1.29 is 4.80 Å². The van der Waals surface area contributed by atoms with Crippen LogP contribution >= 0.6 is 0 Å². The van der Waals surface area contributed by atoms with Gasteiger partial charge in [-0.15, -0.1) is 0 Å². The monoisotopic (exact) mass is 138 g/mol. The molecule has 0 bridgehead atoms. The van der Waals surface area contributed by atoms with Crippen molar-refractivity contribution in [2.75, 3.05) is 0 Å². The van der Waals surface area contributed by atoms with E-state index in [4.69, 9.17) is 4.80 Å². The highest BCUT2D eigenvalue weighted by Gasteiger charge is 1.86. The summed E-state index contributed by atoms with van der Waals surface area (Å²) in [7, 11) is -0.925. The molecule has 1 N–H and O–H groups in total. The molecule has 48 valence electrons. The average Bonchev–Trinajstić information content (AvgIpc) is 1.90. The zero-order valence-electron chi connectivity index (χ0n) is 5.46. The van der Waals surface area contributed by atoms with Crippen LogP contribution in [0, 0.1) is 6.92 Å². The van der Waals surface area contributed by atoms with Crippen LogP contribution in [0.1, 0.15) is 5.56 Å². The average molecular weight is 138 g/mol. The summed E-state index contributed by atoms with van der Waals surface area (Å²) in [6, 6.07) is 8.03. The van der Waals surface area contributed by atoms with Crippen molar-refractivity contribution in [1.29, 1.82) is 0 Å². The molecule has 0 radical (unpaired) electrons. The Balaban J connectivity index is 2.88. The quantitative estimate of drug-likeness (QED) is 0.528. The van der Waals surface area contributed by atoms with Gasteiger partial charge in [-0.3, -0.25) is 0 Å². The molecule has 0 aliphatic rings. The molecule has 0 heterocycles. The molecule has 9 heavy (non-hydrogen) atoms. The Bertz CT molecular complexity index is 181. The third-order valence-electron chi connectivity index (χ3n) is 1.30. The molecule has 2 heteroatoms. The Morgan fingerprint density at radius 1 is 1.22 bits per heavy atom. The maximum Gasteiger partial charge on any atom is 0.187 e. The molecule has 1 nitrogen and oxygen atoms in total. The topological polar surface area (TPSA) is 20.2 Å². The summed E-state index contributed by atoms with van der Waals surface area (Å²) in [5.74, 6) is 0. The number of benzene rings is 1. The molecule has 0 aliphatic carbocycles. The third kappa shape index (κ3) is 1.66. The number of rotatable bonds is 1. The van der Waals surface area contributed by atoms with Crippen LogP contribution < -0.4 is 5.19 Å². The van der Waals surface area contributed by atoms with Gasteiger partial charge in [0.05, 0.1) is 0 Å². The van der Waals surface area contributed by atoms with Gasteiger partial charge in [0, 0.05) is 0 Å². The fourth-order valence-corrected chi connectivity index (χ4v) is 1.14. The van der Waals surface area contributed by atoms with E-state index >= 15 is 0 Å². The molecule has 0 aromatic heterocycles. The highest BCUT2D eigenvalue weighted by atomic mass is 28.2. The molecule has 0 amide bonds. The molecule has 0 saturated heterocycles. The second-order valence-corrected chi connectivity index (χ2v) is 3.28. The second kappa shape index (κ2) is 2.80. The van der Waals surface area contributed by atoms with Gasteiger partial charge in [-0.25, -0.2) is 0 Å². The maximum absolute atomic E-state index is 8.77. The Morgan fingerprint density at radius 3 is 2.22 bits per heavy atom. The van der Waals surface area contributed by atoms with Crippen molar-refractivity contribution in [2.24, 2.45) is 0 Å². The standard InChI is InChI=1S/C7H10OSi/c1-6-2-4-7(9-8)5-3-6/h2-5,8H,9H2,1H3. The van der Waals surface area contributed by atoms with Crippen LogP contribution in [0.4, 0.5) is 0 Å². The fourth-order valence-electron chi connectivity index (χ4n) is 0.693. The van der Waals surface area contributed by atoms with Crippen LogP contribution in [0.2, 0.25) is 0 Å². The SMILES string of the molecule is Cc1ccc([SiH2]O)cc1. The first-order valence-electron chi connectivity index (χ1n) is 2.99. The van der Waals surface area contributed by atoms with Crippen molar-refractivity contribution >= 4 is 14.9 Å². The first-order valence-corrected chi connectivity index (χ1v) is 4.33. The van der Waals surface area contributed by atoms with E-state index in [1.54, 1.807) is 0 Å². The van der Waals surface area contributed by atoms with E-state index in [2.05, 4.69) is 0 Å². The summed E-state index contributed by atoms with van der Waals surface area (Å²) >= 11 is 0. The minimum atomic E-state index is -0.925. The summed E-state index contributed by atoms with van der Waals surface area (Å²) in [4.78, 5) is 8.77. The zero-order chi connectivity index (χ0) is 6.69. The summed E-state index contributed by atoms with van der Waals surface area (Å²) in [6.45, 7) is 2.04. The maximum atomic E-state index is 8.77. The molecular weight excluding hydrogens is 128 g/mol. The van der Waals surface area contributed by atoms with E-state index in [1.807, 2.05) is 31.2 Å². The number of hydrogen-bond donors (Lipinski definition) is 1. The van der Waals surface area contributed by atoms with Crippen molar-refractivity contribution in [3.63, 3.8) is 0 Å². The van der Waals surface area contributed by atoms with Crippen molar-refractivity contribution in [3.8, 4) is 0 Å². The van der Waals surface area contributed by atoms with Crippen molar-refractivity contribution in [2.45, 2.75) is 6.92 Å². The summed E-state index contributed by atoms with van der Waals surface area (Å²) in [5.41, 5.74) is 1.25. The van der Waals surface area contributed by atoms with Gasteiger partial charge in [0.1, 0.15) is 0 Å². The molecule has 1 aromatic rings. The number of hydrogen-bond acceptors (Lipinski definition) is 1. The first kappa shape index (κ1) is 6.52. The lowest BCUT2D eigenvalue weighted by Crippen LogP contribution is -2.11. The Hall–Kier alpha value is -0.603. The lowest BCUT2D eigenvalue weighted by Gasteiger charge is -1.93. The molecular formula is C7H10OSi. The van der Waals surface area contributed by atoms with E-state index in [9.17, 15) is 0 Å². The van der Waals surface area contributed by atoms with Gasteiger partial charge in [-0.2, -0.15) is 0 Å². The van der Waals surface area contributed by atoms with Gasteiger partial charge in [0.25, 0.3) is 0 Å². The summed E-state index contributed by atoms with van der Waals surface area (Å²) in [6.07, 6.45) is 0. The van der Waals surface area contributed by atoms with E-state index in [0.29, 0.717) is 0 Å². The Kier molecular flexibility index (Phi) is 2.03.